The number of fused-ring (bicyclic) bond motifs is 1. The molecule has 0 amide bonds. The molecule has 2 aromatic heterocycles. The van der Waals surface area contributed by atoms with Crippen LogP contribution in [-0.4, -0.2) is 32.7 Å². The maximum Gasteiger partial charge on any atom is 0.349 e. The van der Waals surface area contributed by atoms with Gasteiger partial charge in [-0.05, 0) is 0 Å². The van der Waals surface area contributed by atoms with Crippen LogP contribution in [-0.2, 0) is 0 Å². The molecular weight excluding hydrogens is 234 g/mol. The number of aromatic amines is 2. The quantitative estimate of drug-likeness (QED) is 0.712. The van der Waals surface area contributed by atoms with Gasteiger partial charge in [0.1, 0.15) is 0 Å². The topological polar surface area (TPSA) is 86.8 Å². The Morgan fingerprint density at radius 2 is 2.00 bits per heavy atom. The molecule has 18 heavy (non-hydrogen) atoms. The van der Waals surface area contributed by atoms with E-state index < -0.39 is 11.2 Å². The Morgan fingerprint density at radius 3 is 2.61 bits per heavy atom. The van der Waals surface area contributed by atoms with Gasteiger partial charge in [0, 0.05) is 0 Å². The van der Waals surface area contributed by atoms with E-state index in [1.165, 1.54) is 11.3 Å². The SMILES string of the molecule is C=CCN(CC=C)n1c(=O)[nH]c2nc[nH]c2c1=O. The first-order valence-electron chi connectivity index (χ1n) is 5.34. The zero-order valence-corrected chi connectivity index (χ0v) is 9.72. The first-order valence-corrected chi connectivity index (χ1v) is 5.34. The van der Waals surface area contributed by atoms with E-state index in [1.54, 1.807) is 12.2 Å². The standard InChI is InChI=1S/C11H13N5O2/c1-3-5-15(6-4-2)16-10(17)8-9(13-7-12-8)14-11(16)18/h3-4,7H,1-2,5-6H2,(H,12,13)(H,14,18). The van der Waals surface area contributed by atoms with Crippen molar-refractivity contribution < 1.29 is 0 Å². The first-order chi connectivity index (χ1) is 8.69. The lowest BCUT2D eigenvalue weighted by molar-refractivity contribution is 0.605. The second-order valence-electron chi connectivity index (χ2n) is 3.62. The maximum atomic E-state index is 12.2. The molecule has 2 aromatic rings. The van der Waals surface area contributed by atoms with Gasteiger partial charge in [-0.2, -0.15) is 4.68 Å². The van der Waals surface area contributed by atoms with Crippen molar-refractivity contribution in [3.8, 4) is 0 Å². The van der Waals surface area contributed by atoms with Gasteiger partial charge in [0.15, 0.2) is 11.2 Å². The molecule has 2 rings (SSSR count). The molecule has 0 radical (unpaired) electrons. The number of nitrogens with zero attached hydrogens (tertiary/aromatic N) is 3. The number of imidazole rings is 1. The minimum atomic E-state index is -0.539. The highest BCUT2D eigenvalue weighted by molar-refractivity contribution is 5.67. The van der Waals surface area contributed by atoms with E-state index in [1.807, 2.05) is 0 Å². The highest BCUT2D eigenvalue weighted by Gasteiger charge is 2.13. The second kappa shape index (κ2) is 4.74. The molecule has 0 aliphatic carbocycles. The molecule has 2 heterocycles. The average Bonchev–Trinajstić information content (AvgIpc) is 2.77. The third-order valence-electron chi connectivity index (χ3n) is 2.43. The molecular formula is C11H13N5O2. The van der Waals surface area contributed by atoms with Crippen LogP contribution < -0.4 is 16.3 Å². The summed E-state index contributed by atoms with van der Waals surface area (Å²) in [5, 5.41) is 1.53. The predicted octanol–water partition coefficient (Wildman–Crippen LogP) is -0.277. The molecule has 0 atom stereocenters. The van der Waals surface area contributed by atoms with Gasteiger partial charge in [-0.25, -0.2) is 9.78 Å². The highest BCUT2D eigenvalue weighted by Crippen LogP contribution is 1.96. The summed E-state index contributed by atoms with van der Waals surface area (Å²) in [5.41, 5.74) is -0.482. The fraction of sp³-hybridized carbons (Fsp3) is 0.182. The Hall–Kier alpha value is -2.57. The van der Waals surface area contributed by atoms with Gasteiger partial charge in [0.25, 0.3) is 0 Å². The highest BCUT2D eigenvalue weighted by atomic mass is 16.2. The summed E-state index contributed by atoms with van der Waals surface area (Å²) in [5.74, 6) is 0. The summed E-state index contributed by atoms with van der Waals surface area (Å²) < 4.78 is 1.02. The van der Waals surface area contributed by atoms with Gasteiger partial charge >= 0.3 is 11.2 Å². The number of rotatable bonds is 5. The average molecular weight is 247 g/mol. The van der Waals surface area contributed by atoms with E-state index in [2.05, 4.69) is 28.1 Å². The molecule has 0 saturated heterocycles. The number of H-pyrrole nitrogens is 2. The lowest BCUT2D eigenvalue weighted by Gasteiger charge is -2.21. The molecule has 0 spiro atoms. The van der Waals surface area contributed by atoms with Crippen molar-refractivity contribution in [3.63, 3.8) is 0 Å². The van der Waals surface area contributed by atoms with Crippen molar-refractivity contribution >= 4 is 11.2 Å². The van der Waals surface area contributed by atoms with Crippen LogP contribution >= 0.6 is 0 Å². The van der Waals surface area contributed by atoms with Crippen molar-refractivity contribution in [2.45, 2.75) is 0 Å². The van der Waals surface area contributed by atoms with Crippen LogP contribution in [0.4, 0.5) is 0 Å². The summed E-state index contributed by atoms with van der Waals surface area (Å²) in [6.07, 6.45) is 4.57. The Kier molecular flexibility index (Phi) is 3.13. The van der Waals surface area contributed by atoms with Crippen molar-refractivity contribution in [2.24, 2.45) is 0 Å². The molecule has 0 fully saturated rings. The summed E-state index contributed by atoms with van der Waals surface area (Å²) in [7, 11) is 0. The number of hydrogen-bond donors (Lipinski definition) is 2. The Bertz CT molecular complexity index is 683. The first kappa shape index (κ1) is 11.9. The number of nitrogens with one attached hydrogen (secondary N) is 2. The van der Waals surface area contributed by atoms with Gasteiger partial charge < -0.3 is 4.98 Å². The molecule has 94 valence electrons. The molecule has 7 nitrogen and oxygen atoms in total. The molecule has 0 aliphatic rings. The van der Waals surface area contributed by atoms with Gasteiger partial charge in [-0.1, -0.05) is 12.2 Å². The molecule has 0 aromatic carbocycles. The normalized spacial score (nSPS) is 10.4. The van der Waals surface area contributed by atoms with E-state index in [0.717, 1.165) is 4.68 Å². The lowest BCUT2D eigenvalue weighted by atomic mass is 10.5. The van der Waals surface area contributed by atoms with Gasteiger partial charge in [0.2, 0.25) is 0 Å². The minimum absolute atomic E-state index is 0.249. The van der Waals surface area contributed by atoms with E-state index >= 15 is 0 Å². The van der Waals surface area contributed by atoms with Gasteiger partial charge in [-0.15, -0.1) is 13.2 Å². The van der Waals surface area contributed by atoms with Gasteiger partial charge in [-0.3, -0.25) is 14.8 Å². The lowest BCUT2D eigenvalue weighted by Crippen LogP contribution is -2.50. The van der Waals surface area contributed by atoms with Crippen LogP contribution in [0.1, 0.15) is 0 Å². The zero-order valence-electron chi connectivity index (χ0n) is 9.72. The molecule has 0 bridgehead atoms. The maximum absolute atomic E-state index is 12.2. The van der Waals surface area contributed by atoms with E-state index in [4.69, 9.17) is 0 Å². The monoisotopic (exact) mass is 247 g/mol. The molecule has 7 heteroatoms. The van der Waals surface area contributed by atoms with E-state index in [0.29, 0.717) is 13.1 Å². The fourth-order valence-corrected chi connectivity index (χ4v) is 1.70. The van der Waals surface area contributed by atoms with Crippen LogP contribution in [0, 0.1) is 0 Å². The van der Waals surface area contributed by atoms with Crippen molar-refractivity contribution in [2.75, 3.05) is 18.1 Å². The van der Waals surface area contributed by atoms with E-state index in [9.17, 15) is 9.59 Å². The van der Waals surface area contributed by atoms with Crippen LogP contribution in [0.2, 0.25) is 0 Å². The number of hydrogen-bond acceptors (Lipinski definition) is 4. The summed E-state index contributed by atoms with van der Waals surface area (Å²) in [6.45, 7) is 7.90. The third-order valence-corrected chi connectivity index (χ3v) is 2.43. The van der Waals surface area contributed by atoms with Crippen molar-refractivity contribution in [3.05, 3.63) is 52.5 Å². The van der Waals surface area contributed by atoms with Crippen LogP contribution in [0.25, 0.3) is 11.2 Å². The zero-order chi connectivity index (χ0) is 13.1. The van der Waals surface area contributed by atoms with Crippen LogP contribution in [0.3, 0.4) is 0 Å². The molecule has 0 aliphatic heterocycles. The van der Waals surface area contributed by atoms with Crippen LogP contribution in [0.5, 0.6) is 0 Å². The summed E-state index contributed by atoms with van der Waals surface area (Å²) >= 11 is 0. The van der Waals surface area contributed by atoms with E-state index in [-0.39, 0.29) is 11.2 Å². The molecule has 0 saturated carbocycles. The Labute approximate surface area is 102 Å². The summed E-state index contributed by atoms with van der Waals surface area (Å²) in [6, 6.07) is 0. The minimum Gasteiger partial charge on any atom is -0.339 e. The smallest absolute Gasteiger partial charge is 0.339 e. The van der Waals surface area contributed by atoms with Crippen molar-refractivity contribution in [1.29, 1.82) is 0 Å². The number of aromatic nitrogens is 4. The fourth-order valence-electron chi connectivity index (χ4n) is 1.70. The third kappa shape index (κ3) is 1.86. The summed E-state index contributed by atoms with van der Waals surface area (Å²) in [4.78, 5) is 33.1. The predicted molar refractivity (Wildman–Crippen MR) is 69.3 cm³/mol. The van der Waals surface area contributed by atoms with Crippen molar-refractivity contribution in [1.82, 2.24) is 19.6 Å². The largest absolute Gasteiger partial charge is 0.349 e. The molecule has 0 unspecified atom stereocenters. The van der Waals surface area contributed by atoms with Crippen LogP contribution in [0.15, 0.2) is 41.2 Å². The molecule has 2 N–H and O–H groups in total. The second-order valence-corrected chi connectivity index (χ2v) is 3.62. The Morgan fingerprint density at radius 1 is 1.33 bits per heavy atom. The Balaban J connectivity index is 2.67. The van der Waals surface area contributed by atoms with Gasteiger partial charge in [0.05, 0.1) is 19.4 Å².